The molecule has 3 aromatic carbocycles. The molecule has 4 rings (SSSR count). The minimum Gasteiger partial charge on any atom is -0.379 e. The van der Waals surface area contributed by atoms with E-state index in [0.717, 1.165) is 34.6 Å². The summed E-state index contributed by atoms with van der Waals surface area (Å²) in [6.45, 7) is 2.32. The molecule has 0 radical (unpaired) electrons. The summed E-state index contributed by atoms with van der Waals surface area (Å²) < 4.78 is 15.8. The van der Waals surface area contributed by atoms with E-state index >= 15 is 0 Å². The molecular weight excluding hydrogens is 429 g/mol. The average Bonchev–Trinajstić information content (AvgIpc) is 3.17. The molecule has 0 saturated carbocycles. The Bertz CT molecular complexity index is 1320. The van der Waals surface area contributed by atoms with Crippen LogP contribution < -0.4 is 10.6 Å². The summed E-state index contributed by atoms with van der Waals surface area (Å²) in [5, 5.41) is 19.7. The zero-order valence-corrected chi connectivity index (χ0v) is 18.8. The van der Waals surface area contributed by atoms with E-state index in [1.165, 1.54) is 12.1 Å². The summed E-state index contributed by atoms with van der Waals surface area (Å²) >= 11 is 0. The number of carbonyl (C=O) groups excluding carboxylic acids is 1. The fraction of sp³-hybridized carbons (Fsp3) is 0.148. The predicted octanol–water partition coefficient (Wildman–Crippen LogP) is 5.64. The molecule has 0 bridgehead atoms. The summed E-state index contributed by atoms with van der Waals surface area (Å²) in [6, 6.07) is 25.4. The van der Waals surface area contributed by atoms with Gasteiger partial charge in [0.15, 0.2) is 0 Å². The van der Waals surface area contributed by atoms with Crippen LogP contribution in [0.1, 0.15) is 33.6 Å². The number of aryl methyl sites for hydroxylation is 1. The number of rotatable bonds is 8. The third-order valence-electron chi connectivity index (χ3n) is 5.51. The van der Waals surface area contributed by atoms with Crippen LogP contribution in [0, 0.1) is 24.1 Å². The molecule has 0 atom stereocenters. The Morgan fingerprint density at radius 3 is 2.44 bits per heavy atom. The van der Waals surface area contributed by atoms with Crippen molar-refractivity contribution in [2.45, 2.75) is 26.3 Å². The van der Waals surface area contributed by atoms with Gasteiger partial charge in [-0.05, 0) is 55.3 Å². The summed E-state index contributed by atoms with van der Waals surface area (Å²) in [7, 11) is 0. The number of para-hydroxylation sites is 1. The van der Waals surface area contributed by atoms with Crippen molar-refractivity contribution < 1.29 is 9.18 Å². The number of hydrogen-bond donors (Lipinski definition) is 2. The van der Waals surface area contributed by atoms with Gasteiger partial charge in [0.25, 0.3) is 5.91 Å². The number of anilines is 2. The van der Waals surface area contributed by atoms with Crippen molar-refractivity contribution in [3.05, 3.63) is 107 Å². The molecule has 0 aliphatic heterocycles. The highest BCUT2D eigenvalue weighted by molar-refractivity contribution is 6.04. The molecule has 4 aromatic rings. The average molecular weight is 454 g/mol. The minimum atomic E-state index is -0.580. The van der Waals surface area contributed by atoms with E-state index in [4.69, 9.17) is 10.4 Å². The minimum absolute atomic E-state index is 0.0288. The predicted molar refractivity (Wildman–Crippen MR) is 130 cm³/mol. The number of amides is 1. The second kappa shape index (κ2) is 10.5. The van der Waals surface area contributed by atoms with Gasteiger partial charge >= 0.3 is 0 Å². The number of aromatic nitrogens is 2. The largest absolute Gasteiger partial charge is 0.379 e. The molecule has 170 valence electrons. The summed E-state index contributed by atoms with van der Waals surface area (Å²) in [4.78, 5) is 12.8. The first-order valence-corrected chi connectivity index (χ1v) is 11.0. The van der Waals surface area contributed by atoms with Crippen LogP contribution >= 0.6 is 0 Å². The van der Waals surface area contributed by atoms with Crippen LogP contribution in [0.15, 0.2) is 78.9 Å². The number of carbonyl (C=O) groups is 1. The van der Waals surface area contributed by atoms with Crippen LogP contribution in [-0.4, -0.2) is 15.7 Å². The standard InChI is InChI=1S/C27H24FN5O/c1-19-25(18-30-21-15-13-20(14-16-21)8-7-17-29)32-33(22-9-3-2-4-10-22)26(19)31-27(34)23-11-5-6-12-24(23)28/h2-6,9-16,30H,7-8,18H2,1H3,(H,31,34). The van der Waals surface area contributed by atoms with Gasteiger partial charge in [-0.2, -0.15) is 10.4 Å². The van der Waals surface area contributed by atoms with Gasteiger partial charge < -0.3 is 10.6 Å². The van der Waals surface area contributed by atoms with E-state index in [2.05, 4.69) is 16.7 Å². The number of nitrogens with one attached hydrogen (secondary N) is 2. The van der Waals surface area contributed by atoms with Crippen molar-refractivity contribution in [3.63, 3.8) is 0 Å². The van der Waals surface area contributed by atoms with Gasteiger partial charge in [-0.15, -0.1) is 0 Å². The highest BCUT2D eigenvalue weighted by Crippen LogP contribution is 2.25. The lowest BCUT2D eigenvalue weighted by Crippen LogP contribution is -2.17. The molecule has 2 N–H and O–H groups in total. The van der Waals surface area contributed by atoms with Crippen molar-refractivity contribution in [1.82, 2.24) is 9.78 Å². The van der Waals surface area contributed by atoms with Crippen molar-refractivity contribution >= 4 is 17.4 Å². The first-order valence-electron chi connectivity index (χ1n) is 11.0. The fourth-order valence-corrected chi connectivity index (χ4v) is 3.61. The molecular formula is C27H24FN5O. The molecule has 0 saturated heterocycles. The highest BCUT2D eigenvalue weighted by Gasteiger charge is 2.20. The van der Waals surface area contributed by atoms with E-state index in [0.29, 0.717) is 18.8 Å². The van der Waals surface area contributed by atoms with Gasteiger partial charge in [0.2, 0.25) is 0 Å². The van der Waals surface area contributed by atoms with E-state index in [-0.39, 0.29) is 5.56 Å². The molecule has 0 fully saturated rings. The van der Waals surface area contributed by atoms with Crippen molar-refractivity contribution in [1.29, 1.82) is 5.26 Å². The van der Waals surface area contributed by atoms with Crippen molar-refractivity contribution in [2.75, 3.05) is 10.6 Å². The molecule has 0 aliphatic carbocycles. The first kappa shape index (κ1) is 22.7. The van der Waals surface area contributed by atoms with Crippen LogP contribution in [0.4, 0.5) is 15.9 Å². The Balaban J connectivity index is 1.59. The molecule has 6 nitrogen and oxygen atoms in total. The quantitative estimate of drug-likeness (QED) is 0.362. The number of halogens is 1. The van der Waals surface area contributed by atoms with E-state index in [1.54, 1.807) is 16.8 Å². The van der Waals surface area contributed by atoms with E-state index in [9.17, 15) is 9.18 Å². The molecule has 7 heteroatoms. The third kappa shape index (κ3) is 5.13. The Kier molecular flexibility index (Phi) is 6.99. The number of benzene rings is 3. The topological polar surface area (TPSA) is 82.7 Å². The SMILES string of the molecule is Cc1c(CNc2ccc(CCC#N)cc2)nn(-c2ccccc2)c1NC(=O)c1ccccc1F. The Hall–Kier alpha value is -4.44. The second-order valence-electron chi connectivity index (χ2n) is 7.81. The molecule has 0 spiro atoms. The van der Waals surface area contributed by atoms with Gasteiger partial charge in [0.1, 0.15) is 11.6 Å². The third-order valence-corrected chi connectivity index (χ3v) is 5.51. The van der Waals surface area contributed by atoms with Gasteiger partial charge in [-0.1, -0.05) is 42.5 Å². The summed E-state index contributed by atoms with van der Waals surface area (Å²) in [5.41, 5.74) is 4.32. The lowest BCUT2D eigenvalue weighted by molar-refractivity contribution is 0.102. The maximum Gasteiger partial charge on any atom is 0.259 e. The molecule has 1 aromatic heterocycles. The molecule has 1 amide bonds. The maximum atomic E-state index is 14.2. The second-order valence-corrected chi connectivity index (χ2v) is 7.81. The highest BCUT2D eigenvalue weighted by atomic mass is 19.1. The van der Waals surface area contributed by atoms with Crippen molar-refractivity contribution in [3.8, 4) is 11.8 Å². The van der Waals surface area contributed by atoms with Crippen LogP contribution in [0.3, 0.4) is 0 Å². The Labute approximate surface area is 197 Å². The van der Waals surface area contributed by atoms with Gasteiger partial charge in [0, 0.05) is 17.7 Å². The molecule has 0 aliphatic rings. The first-order chi connectivity index (χ1) is 16.6. The fourth-order valence-electron chi connectivity index (χ4n) is 3.61. The van der Waals surface area contributed by atoms with Gasteiger partial charge in [0.05, 0.1) is 29.6 Å². The Morgan fingerprint density at radius 1 is 1.03 bits per heavy atom. The van der Waals surface area contributed by atoms with E-state index in [1.807, 2.05) is 61.5 Å². The normalized spacial score (nSPS) is 10.5. The smallest absolute Gasteiger partial charge is 0.259 e. The lowest BCUT2D eigenvalue weighted by atomic mass is 10.1. The van der Waals surface area contributed by atoms with Gasteiger partial charge in [-0.25, -0.2) is 9.07 Å². The summed E-state index contributed by atoms with van der Waals surface area (Å²) in [6.07, 6.45) is 1.21. The zero-order valence-electron chi connectivity index (χ0n) is 18.8. The number of nitriles is 1. The van der Waals surface area contributed by atoms with E-state index < -0.39 is 11.7 Å². The number of hydrogen-bond acceptors (Lipinski definition) is 4. The van der Waals surface area contributed by atoms with Crippen LogP contribution in [0.5, 0.6) is 0 Å². The molecule has 1 heterocycles. The van der Waals surface area contributed by atoms with Gasteiger partial charge in [-0.3, -0.25) is 4.79 Å². The maximum absolute atomic E-state index is 14.2. The van der Waals surface area contributed by atoms with Crippen LogP contribution in [0.2, 0.25) is 0 Å². The van der Waals surface area contributed by atoms with Crippen molar-refractivity contribution in [2.24, 2.45) is 0 Å². The summed E-state index contributed by atoms with van der Waals surface area (Å²) in [5.74, 6) is -0.627. The van der Waals surface area contributed by atoms with Crippen LogP contribution in [-0.2, 0) is 13.0 Å². The Morgan fingerprint density at radius 2 is 1.74 bits per heavy atom. The van der Waals surface area contributed by atoms with Crippen LogP contribution in [0.25, 0.3) is 5.69 Å². The molecule has 34 heavy (non-hydrogen) atoms. The lowest BCUT2D eigenvalue weighted by Gasteiger charge is -2.10. The molecule has 0 unspecified atom stereocenters. The monoisotopic (exact) mass is 453 g/mol. The number of nitrogens with zero attached hydrogens (tertiary/aromatic N) is 3. The zero-order chi connectivity index (χ0) is 23.9.